The highest BCUT2D eigenvalue weighted by Gasteiger charge is 2.34. The number of aromatic nitrogens is 2. The van der Waals surface area contributed by atoms with Crippen LogP contribution < -0.4 is 0 Å². The van der Waals surface area contributed by atoms with E-state index in [-0.39, 0.29) is 25.6 Å². The monoisotopic (exact) mass is 300 g/mol. The summed E-state index contributed by atoms with van der Waals surface area (Å²) in [6.07, 6.45) is -3.51. The second kappa shape index (κ2) is 6.28. The van der Waals surface area contributed by atoms with Crippen LogP contribution in [0, 0.1) is 0 Å². The summed E-state index contributed by atoms with van der Waals surface area (Å²) >= 11 is 0. The van der Waals surface area contributed by atoms with E-state index < -0.39 is 11.9 Å². The zero-order valence-corrected chi connectivity index (χ0v) is 11.4. The van der Waals surface area contributed by atoms with Gasteiger partial charge in [-0.05, 0) is 5.56 Å². The molecule has 1 aromatic heterocycles. The van der Waals surface area contributed by atoms with Gasteiger partial charge in [-0.2, -0.15) is 13.2 Å². The molecule has 7 heteroatoms. The minimum absolute atomic E-state index is 0.119. The molecule has 2 rings (SSSR count). The predicted molar refractivity (Wildman–Crippen MR) is 70.5 cm³/mol. The number of aliphatic hydroxyl groups is 1. The molecule has 0 fully saturated rings. The summed E-state index contributed by atoms with van der Waals surface area (Å²) in [5.74, 6) is 0.226. The largest absolute Gasteiger partial charge is 0.434 e. The van der Waals surface area contributed by atoms with Gasteiger partial charge in [-0.25, -0.2) is 4.98 Å². The number of alkyl halides is 3. The van der Waals surface area contributed by atoms with E-state index in [1.807, 2.05) is 0 Å². The highest BCUT2D eigenvalue weighted by molar-refractivity contribution is 5.56. The highest BCUT2D eigenvalue weighted by Crippen LogP contribution is 2.31. The van der Waals surface area contributed by atoms with Crippen molar-refractivity contribution in [2.45, 2.75) is 19.3 Å². The second-order valence-corrected chi connectivity index (χ2v) is 4.49. The van der Waals surface area contributed by atoms with Gasteiger partial charge in [0.15, 0.2) is 5.69 Å². The summed E-state index contributed by atoms with van der Waals surface area (Å²) in [6.45, 7) is 0.443. The van der Waals surface area contributed by atoms with Crippen LogP contribution in [0.25, 0.3) is 11.4 Å². The normalized spacial score (nSPS) is 11.9. The lowest BCUT2D eigenvalue weighted by atomic mass is 10.1. The van der Waals surface area contributed by atoms with E-state index in [1.165, 1.54) is 11.7 Å². The standard InChI is InChI=1S/C14H15F3N2O2/c1-21-7-6-19-8-12(14(15,16)17)18-13(19)11-4-2-10(9-20)3-5-11/h2-5,8,20H,6-7,9H2,1H3. The first-order valence-corrected chi connectivity index (χ1v) is 6.29. The van der Waals surface area contributed by atoms with Gasteiger partial charge >= 0.3 is 6.18 Å². The van der Waals surface area contributed by atoms with Crippen LogP contribution in [-0.2, 0) is 24.1 Å². The van der Waals surface area contributed by atoms with Crippen molar-refractivity contribution in [3.63, 3.8) is 0 Å². The SMILES string of the molecule is COCCn1cc(C(F)(F)F)nc1-c1ccc(CO)cc1. The molecule has 0 radical (unpaired) electrons. The number of methoxy groups -OCH3 is 1. The van der Waals surface area contributed by atoms with Crippen molar-refractivity contribution in [3.8, 4) is 11.4 Å². The molecule has 0 saturated carbocycles. The lowest BCUT2D eigenvalue weighted by Crippen LogP contribution is -2.06. The number of benzene rings is 1. The minimum Gasteiger partial charge on any atom is -0.392 e. The maximum Gasteiger partial charge on any atom is 0.434 e. The Kier molecular flexibility index (Phi) is 4.64. The number of imidazole rings is 1. The zero-order chi connectivity index (χ0) is 15.5. The van der Waals surface area contributed by atoms with Gasteiger partial charge in [-0.3, -0.25) is 0 Å². The van der Waals surface area contributed by atoms with Crippen LogP contribution in [-0.4, -0.2) is 28.4 Å². The Bertz CT molecular complexity index is 591. The fraction of sp³-hybridized carbons (Fsp3) is 0.357. The molecule has 114 valence electrons. The lowest BCUT2D eigenvalue weighted by Gasteiger charge is -2.07. The molecule has 1 N–H and O–H groups in total. The maximum atomic E-state index is 12.8. The average molecular weight is 300 g/mol. The molecule has 0 amide bonds. The number of aliphatic hydroxyl groups excluding tert-OH is 1. The third-order valence-electron chi connectivity index (χ3n) is 3.00. The summed E-state index contributed by atoms with van der Waals surface area (Å²) in [6, 6.07) is 6.57. The number of ether oxygens (including phenoxy) is 1. The van der Waals surface area contributed by atoms with Crippen LogP contribution >= 0.6 is 0 Å². The Balaban J connectivity index is 2.41. The number of rotatable bonds is 5. The molecule has 0 unspecified atom stereocenters. The van der Waals surface area contributed by atoms with Gasteiger partial charge in [0.1, 0.15) is 5.82 Å². The molecule has 1 heterocycles. The first-order chi connectivity index (χ1) is 9.95. The smallest absolute Gasteiger partial charge is 0.392 e. The fourth-order valence-electron chi connectivity index (χ4n) is 1.90. The van der Waals surface area contributed by atoms with E-state index in [2.05, 4.69) is 4.98 Å². The molecular formula is C14H15F3N2O2. The summed E-state index contributed by atoms with van der Waals surface area (Å²) < 4.78 is 44.7. The van der Waals surface area contributed by atoms with Crippen LogP contribution in [0.15, 0.2) is 30.5 Å². The molecule has 0 aliphatic rings. The molecule has 1 aromatic carbocycles. The van der Waals surface area contributed by atoms with Crippen molar-refractivity contribution in [3.05, 3.63) is 41.7 Å². The van der Waals surface area contributed by atoms with Crippen molar-refractivity contribution in [1.29, 1.82) is 0 Å². The van der Waals surface area contributed by atoms with E-state index in [0.29, 0.717) is 11.1 Å². The van der Waals surface area contributed by atoms with Gasteiger partial charge in [0.05, 0.1) is 13.2 Å². The third-order valence-corrected chi connectivity index (χ3v) is 3.00. The van der Waals surface area contributed by atoms with Crippen molar-refractivity contribution in [2.75, 3.05) is 13.7 Å². The van der Waals surface area contributed by atoms with Crippen molar-refractivity contribution in [2.24, 2.45) is 0 Å². The summed E-state index contributed by atoms with van der Waals surface area (Å²) in [7, 11) is 1.48. The third kappa shape index (κ3) is 3.62. The van der Waals surface area contributed by atoms with Crippen LogP contribution in [0.1, 0.15) is 11.3 Å². The molecule has 21 heavy (non-hydrogen) atoms. The Hall–Kier alpha value is -1.86. The molecule has 0 bridgehead atoms. The molecular weight excluding hydrogens is 285 g/mol. The number of hydrogen-bond acceptors (Lipinski definition) is 3. The van der Waals surface area contributed by atoms with Crippen LogP contribution in [0.4, 0.5) is 13.2 Å². The number of nitrogens with zero attached hydrogens (tertiary/aromatic N) is 2. The predicted octanol–water partition coefficient (Wildman–Crippen LogP) is 2.71. The average Bonchev–Trinajstić information content (AvgIpc) is 2.89. The van der Waals surface area contributed by atoms with Crippen LogP contribution in [0.3, 0.4) is 0 Å². The fourth-order valence-corrected chi connectivity index (χ4v) is 1.90. The van der Waals surface area contributed by atoms with Gasteiger partial charge in [-0.1, -0.05) is 24.3 Å². The zero-order valence-electron chi connectivity index (χ0n) is 11.4. The van der Waals surface area contributed by atoms with E-state index in [4.69, 9.17) is 9.84 Å². The molecule has 0 aliphatic heterocycles. The molecule has 0 aliphatic carbocycles. The topological polar surface area (TPSA) is 47.3 Å². The van der Waals surface area contributed by atoms with E-state index >= 15 is 0 Å². The molecule has 0 atom stereocenters. The maximum absolute atomic E-state index is 12.8. The molecule has 0 spiro atoms. The molecule has 0 saturated heterocycles. The van der Waals surface area contributed by atoms with Crippen molar-refractivity contribution >= 4 is 0 Å². The van der Waals surface area contributed by atoms with Crippen LogP contribution in [0.2, 0.25) is 0 Å². The Labute approximate surface area is 119 Å². The Morgan fingerprint density at radius 2 is 1.90 bits per heavy atom. The lowest BCUT2D eigenvalue weighted by molar-refractivity contribution is -0.140. The first-order valence-electron chi connectivity index (χ1n) is 6.29. The van der Waals surface area contributed by atoms with Gasteiger partial charge in [0.2, 0.25) is 0 Å². The van der Waals surface area contributed by atoms with E-state index in [9.17, 15) is 13.2 Å². The van der Waals surface area contributed by atoms with Gasteiger partial charge in [-0.15, -0.1) is 0 Å². The highest BCUT2D eigenvalue weighted by atomic mass is 19.4. The molecule has 4 nitrogen and oxygen atoms in total. The molecule has 2 aromatic rings. The van der Waals surface area contributed by atoms with E-state index in [1.54, 1.807) is 24.3 Å². The quantitative estimate of drug-likeness (QED) is 0.923. The number of halogens is 3. The summed E-state index contributed by atoms with van der Waals surface area (Å²) in [5, 5.41) is 8.99. The second-order valence-electron chi connectivity index (χ2n) is 4.49. The Morgan fingerprint density at radius 1 is 1.24 bits per heavy atom. The number of hydrogen-bond donors (Lipinski definition) is 1. The van der Waals surface area contributed by atoms with Crippen molar-refractivity contribution in [1.82, 2.24) is 9.55 Å². The van der Waals surface area contributed by atoms with E-state index in [0.717, 1.165) is 6.20 Å². The van der Waals surface area contributed by atoms with Crippen molar-refractivity contribution < 1.29 is 23.0 Å². The summed E-state index contributed by atoms with van der Waals surface area (Å²) in [5.41, 5.74) is 0.309. The first kappa shape index (κ1) is 15.5. The minimum atomic E-state index is -4.49. The van der Waals surface area contributed by atoms with Gasteiger partial charge < -0.3 is 14.4 Å². The van der Waals surface area contributed by atoms with Gasteiger partial charge in [0.25, 0.3) is 0 Å². The van der Waals surface area contributed by atoms with Crippen LogP contribution in [0.5, 0.6) is 0 Å². The Morgan fingerprint density at radius 3 is 2.43 bits per heavy atom. The van der Waals surface area contributed by atoms with Gasteiger partial charge in [0, 0.05) is 25.4 Å². The summed E-state index contributed by atoms with van der Waals surface area (Å²) in [4.78, 5) is 3.68.